The molecule has 1 aliphatic heterocycles. The zero-order valence-corrected chi connectivity index (χ0v) is 15.4. The Kier molecular flexibility index (Phi) is 5.12. The largest absolute Gasteiger partial charge is 0.357 e. The Labute approximate surface area is 150 Å². The molecule has 0 unspecified atom stereocenters. The van der Waals surface area contributed by atoms with E-state index in [9.17, 15) is 9.59 Å². The molecule has 2 aromatic rings. The molecule has 1 fully saturated rings. The average Bonchev–Trinajstić information content (AvgIpc) is 3.32. The quantitative estimate of drug-likeness (QED) is 0.866. The first-order valence-electron chi connectivity index (χ1n) is 8.36. The second-order valence-electron chi connectivity index (χ2n) is 6.41. The molecule has 2 aromatic heterocycles. The SMILES string of the molecule is CNC(=O)[C@@H]1CCCN1C(=O)[C@H](C(C)C)n1cc(-c2nccs2)nn1. The van der Waals surface area contributed by atoms with E-state index < -0.39 is 12.1 Å². The first-order valence-corrected chi connectivity index (χ1v) is 9.24. The van der Waals surface area contributed by atoms with Gasteiger partial charge in [0.15, 0.2) is 0 Å². The summed E-state index contributed by atoms with van der Waals surface area (Å²) in [7, 11) is 1.60. The fourth-order valence-electron chi connectivity index (χ4n) is 3.20. The molecule has 8 nitrogen and oxygen atoms in total. The molecule has 9 heteroatoms. The van der Waals surface area contributed by atoms with Gasteiger partial charge in [0.2, 0.25) is 11.8 Å². The van der Waals surface area contributed by atoms with Crippen molar-refractivity contribution in [2.75, 3.05) is 13.6 Å². The molecule has 3 rings (SSSR count). The summed E-state index contributed by atoms with van der Waals surface area (Å²) in [6.45, 7) is 4.53. The van der Waals surface area contributed by atoms with Gasteiger partial charge < -0.3 is 10.2 Å². The van der Waals surface area contributed by atoms with Crippen LogP contribution >= 0.6 is 11.3 Å². The number of carbonyl (C=O) groups is 2. The Balaban J connectivity index is 1.86. The Morgan fingerprint density at radius 3 is 2.84 bits per heavy atom. The predicted octanol–water partition coefficient (Wildman–Crippen LogP) is 1.34. The normalized spacial score (nSPS) is 18.6. The minimum Gasteiger partial charge on any atom is -0.357 e. The third-order valence-corrected chi connectivity index (χ3v) is 5.21. The molecule has 134 valence electrons. The summed E-state index contributed by atoms with van der Waals surface area (Å²) in [5, 5.41) is 13.6. The highest BCUT2D eigenvalue weighted by atomic mass is 32.1. The topological polar surface area (TPSA) is 93.0 Å². The van der Waals surface area contributed by atoms with Gasteiger partial charge in [0.1, 0.15) is 22.8 Å². The maximum Gasteiger partial charge on any atom is 0.248 e. The molecule has 1 saturated heterocycles. The first-order chi connectivity index (χ1) is 12.0. The standard InChI is InChI=1S/C16H22N6O2S/c1-10(2)13(16(24)21-7-4-5-12(21)14(23)17-3)22-9-11(19-20-22)15-18-6-8-25-15/h6,8-10,12-13H,4-5,7H2,1-3H3,(H,17,23)/t12-,13-/m0/s1. The van der Waals surface area contributed by atoms with Gasteiger partial charge in [-0.3, -0.25) is 9.59 Å². The second-order valence-corrected chi connectivity index (χ2v) is 7.31. The predicted molar refractivity (Wildman–Crippen MR) is 93.8 cm³/mol. The number of carbonyl (C=O) groups excluding carboxylic acids is 2. The van der Waals surface area contributed by atoms with Crippen LogP contribution in [0.5, 0.6) is 0 Å². The van der Waals surface area contributed by atoms with Crippen LogP contribution in [0.2, 0.25) is 0 Å². The summed E-state index contributed by atoms with van der Waals surface area (Å²) in [6.07, 6.45) is 4.99. The van der Waals surface area contributed by atoms with Gasteiger partial charge in [-0.2, -0.15) is 0 Å². The van der Waals surface area contributed by atoms with Gasteiger partial charge in [-0.15, -0.1) is 16.4 Å². The molecule has 25 heavy (non-hydrogen) atoms. The van der Waals surface area contributed by atoms with Crippen molar-refractivity contribution in [3.63, 3.8) is 0 Å². The third-order valence-electron chi connectivity index (χ3n) is 4.42. The minimum absolute atomic E-state index is 0.0179. The number of likely N-dealkylation sites (N-methyl/N-ethyl adjacent to an activating group) is 1. The summed E-state index contributed by atoms with van der Waals surface area (Å²) >= 11 is 1.48. The summed E-state index contributed by atoms with van der Waals surface area (Å²) in [6, 6.07) is -0.896. The van der Waals surface area contributed by atoms with E-state index in [1.54, 1.807) is 29.0 Å². The minimum atomic E-state index is -0.494. The molecule has 0 spiro atoms. The van der Waals surface area contributed by atoms with Crippen LogP contribution in [0, 0.1) is 5.92 Å². The van der Waals surface area contributed by atoms with Gasteiger partial charge >= 0.3 is 0 Å². The number of nitrogens with zero attached hydrogens (tertiary/aromatic N) is 5. The van der Waals surface area contributed by atoms with Gasteiger partial charge in [-0.25, -0.2) is 9.67 Å². The lowest BCUT2D eigenvalue weighted by atomic mass is 10.0. The van der Waals surface area contributed by atoms with Crippen LogP contribution in [0.15, 0.2) is 17.8 Å². The lowest BCUT2D eigenvalue weighted by molar-refractivity contribution is -0.142. The summed E-state index contributed by atoms with van der Waals surface area (Å²) in [5.74, 6) is -0.184. The van der Waals surface area contributed by atoms with Gasteiger partial charge in [0, 0.05) is 25.2 Å². The number of aromatic nitrogens is 4. The van der Waals surface area contributed by atoms with Crippen molar-refractivity contribution in [2.24, 2.45) is 5.92 Å². The van der Waals surface area contributed by atoms with E-state index >= 15 is 0 Å². The second kappa shape index (κ2) is 7.30. The van der Waals surface area contributed by atoms with Crippen molar-refractivity contribution in [1.29, 1.82) is 0 Å². The van der Waals surface area contributed by atoms with Crippen molar-refractivity contribution in [3.05, 3.63) is 17.8 Å². The number of rotatable bonds is 5. The van der Waals surface area contributed by atoms with Crippen LogP contribution in [-0.4, -0.2) is 56.3 Å². The van der Waals surface area contributed by atoms with Crippen molar-refractivity contribution in [2.45, 2.75) is 38.8 Å². The molecule has 0 saturated carbocycles. The van der Waals surface area contributed by atoms with E-state index in [1.165, 1.54) is 11.3 Å². The Bertz CT molecular complexity index is 742. The zero-order chi connectivity index (χ0) is 18.0. The van der Waals surface area contributed by atoms with Crippen LogP contribution < -0.4 is 5.32 Å². The number of amides is 2. The molecule has 1 N–H and O–H groups in total. The molecule has 0 bridgehead atoms. The molecular formula is C16H22N6O2S. The lowest BCUT2D eigenvalue weighted by Crippen LogP contribution is -2.48. The van der Waals surface area contributed by atoms with E-state index in [0.717, 1.165) is 11.4 Å². The van der Waals surface area contributed by atoms with Crippen LogP contribution in [0.4, 0.5) is 0 Å². The van der Waals surface area contributed by atoms with Crippen molar-refractivity contribution < 1.29 is 9.59 Å². The summed E-state index contributed by atoms with van der Waals surface area (Å²) < 4.78 is 1.60. The zero-order valence-electron chi connectivity index (χ0n) is 14.5. The van der Waals surface area contributed by atoms with E-state index in [-0.39, 0.29) is 17.7 Å². The van der Waals surface area contributed by atoms with Crippen LogP contribution in [-0.2, 0) is 9.59 Å². The molecular weight excluding hydrogens is 340 g/mol. The number of thiazole rings is 1. The number of likely N-dealkylation sites (tertiary alicyclic amines) is 1. The summed E-state index contributed by atoms with van der Waals surface area (Å²) in [4.78, 5) is 31.1. The van der Waals surface area contributed by atoms with Crippen LogP contribution in [0.3, 0.4) is 0 Å². The Morgan fingerprint density at radius 1 is 1.40 bits per heavy atom. The Hall–Kier alpha value is -2.29. The lowest BCUT2D eigenvalue weighted by Gasteiger charge is -2.29. The van der Waals surface area contributed by atoms with Gasteiger partial charge in [0.05, 0.1) is 6.20 Å². The van der Waals surface area contributed by atoms with Gasteiger partial charge in [-0.05, 0) is 18.8 Å². The first kappa shape index (κ1) is 17.5. The number of hydrogen-bond acceptors (Lipinski definition) is 6. The fourth-order valence-corrected chi connectivity index (χ4v) is 3.79. The molecule has 2 atom stereocenters. The average molecular weight is 362 g/mol. The number of hydrogen-bond donors (Lipinski definition) is 1. The highest BCUT2D eigenvalue weighted by Gasteiger charge is 2.38. The van der Waals surface area contributed by atoms with Crippen molar-refractivity contribution in [1.82, 2.24) is 30.2 Å². The molecule has 2 amide bonds. The van der Waals surface area contributed by atoms with Crippen molar-refractivity contribution in [3.8, 4) is 10.7 Å². The van der Waals surface area contributed by atoms with Crippen LogP contribution in [0.1, 0.15) is 32.7 Å². The molecule has 1 aliphatic rings. The van der Waals surface area contributed by atoms with Crippen LogP contribution in [0.25, 0.3) is 10.7 Å². The Morgan fingerprint density at radius 2 is 2.20 bits per heavy atom. The monoisotopic (exact) mass is 362 g/mol. The highest BCUT2D eigenvalue weighted by molar-refractivity contribution is 7.13. The van der Waals surface area contributed by atoms with Gasteiger partial charge in [-0.1, -0.05) is 19.1 Å². The van der Waals surface area contributed by atoms with Crippen molar-refractivity contribution >= 4 is 23.2 Å². The summed E-state index contributed by atoms with van der Waals surface area (Å²) in [5.41, 5.74) is 0.651. The van der Waals surface area contributed by atoms with Gasteiger partial charge in [0.25, 0.3) is 0 Å². The van der Waals surface area contributed by atoms with E-state index in [4.69, 9.17) is 0 Å². The molecule has 0 aliphatic carbocycles. The van der Waals surface area contributed by atoms with E-state index in [2.05, 4.69) is 20.6 Å². The third kappa shape index (κ3) is 3.41. The smallest absolute Gasteiger partial charge is 0.248 e. The van der Waals surface area contributed by atoms with E-state index in [0.29, 0.717) is 18.7 Å². The maximum atomic E-state index is 13.2. The number of nitrogens with one attached hydrogen (secondary N) is 1. The molecule has 0 radical (unpaired) electrons. The fraction of sp³-hybridized carbons (Fsp3) is 0.562. The van der Waals surface area contributed by atoms with E-state index in [1.807, 2.05) is 19.2 Å². The maximum absolute atomic E-state index is 13.2. The highest BCUT2D eigenvalue weighted by Crippen LogP contribution is 2.27. The molecule has 0 aromatic carbocycles. The molecule has 3 heterocycles.